The van der Waals surface area contributed by atoms with Crippen molar-refractivity contribution >= 4 is 87.2 Å². The van der Waals surface area contributed by atoms with E-state index in [1.54, 1.807) is 0 Å². The topological polar surface area (TPSA) is 39.4 Å². The number of hydrogen-bond acceptors (Lipinski definition) is 3. The molecule has 53 heavy (non-hydrogen) atoms. The number of hydrogen-bond donors (Lipinski definition) is 0. The molecular weight excluding hydrogens is 649 g/mol. The summed E-state index contributed by atoms with van der Waals surface area (Å²) in [5.74, 6) is 0. The number of para-hydroxylation sites is 2. The molecular formula is C50H28O3. The van der Waals surface area contributed by atoms with Crippen molar-refractivity contribution in [2.24, 2.45) is 0 Å². The second-order valence-electron chi connectivity index (χ2n) is 13.9. The molecule has 0 radical (unpaired) electrons. The minimum absolute atomic E-state index is 0.828. The second kappa shape index (κ2) is 10.7. The van der Waals surface area contributed by atoms with E-state index in [4.69, 9.17) is 13.3 Å². The first kappa shape index (κ1) is 28.6. The molecule has 3 aromatic heterocycles. The van der Waals surface area contributed by atoms with Crippen LogP contribution in [0.15, 0.2) is 183 Å². The summed E-state index contributed by atoms with van der Waals surface area (Å²) in [6.45, 7) is 0. The molecule has 12 aromatic rings. The predicted molar refractivity (Wildman–Crippen MR) is 220 cm³/mol. The smallest absolute Gasteiger partial charge is 0.147 e. The fourth-order valence-electron chi connectivity index (χ4n) is 8.86. The highest BCUT2D eigenvalue weighted by molar-refractivity contribution is 6.26. The monoisotopic (exact) mass is 676 g/mol. The van der Waals surface area contributed by atoms with Crippen LogP contribution in [-0.4, -0.2) is 0 Å². The van der Waals surface area contributed by atoms with Gasteiger partial charge in [0, 0.05) is 32.7 Å². The number of furan rings is 3. The molecule has 0 bridgehead atoms. The molecule has 12 rings (SSSR count). The number of rotatable bonds is 3. The summed E-state index contributed by atoms with van der Waals surface area (Å²) in [5.41, 5.74) is 11.3. The zero-order chi connectivity index (χ0) is 34.6. The lowest BCUT2D eigenvalue weighted by Crippen LogP contribution is -1.92. The maximum atomic E-state index is 6.52. The van der Waals surface area contributed by atoms with Gasteiger partial charge in [-0.1, -0.05) is 127 Å². The van der Waals surface area contributed by atoms with Crippen molar-refractivity contribution in [3.05, 3.63) is 170 Å². The number of benzene rings is 9. The molecule has 9 aromatic carbocycles. The molecule has 0 spiro atoms. The molecule has 0 saturated carbocycles. The van der Waals surface area contributed by atoms with E-state index in [1.807, 2.05) is 30.5 Å². The van der Waals surface area contributed by atoms with Gasteiger partial charge >= 0.3 is 0 Å². The molecule has 0 aliphatic carbocycles. The van der Waals surface area contributed by atoms with Crippen molar-refractivity contribution in [1.29, 1.82) is 0 Å². The normalized spacial score (nSPS) is 12.2. The van der Waals surface area contributed by atoms with Crippen LogP contribution >= 0.6 is 0 Å². The highest BCUT2D eigenvalue weighted by Crippen LogP contribution is 2.48. The first-order valence-electron chi connectivity index (χ1n) is 18.0. The Morgan fingerprint density at radius 3 is 1.57 bits per heavy atom. The summed E-state index contributed by atoms with van der Waals surface area (Å²) < 4.78 is 19.0. The van der Waals surface area contributed by atoms with Crippen LogP contribution in [0.4, 0.5) is 0 Å². The van der Waals surface area contributed by atoms with Crippen LogP contribution in [0.25, 0.3) is 121 Å². The van der Waals surface area contributed by atoms with Gasteiger partial charge in [-0.15, -0.1) is 0 Å². The predicted octanol–water partition coefficient (Wildman–Crippen LogP) is 14.7. The Hall–Kier alpha value is -7.10. The molecule has 3 nitrogen and oxygen atoms in total. The Labute approximate surface area is 302 Å². The zero-order valence-electron chi connectivity index (χ0n) is 28.4. The van der Waals surface area contributed by atoms with Crippen molar-refractivity contribution in [1.82, 2.24) is 0 Å². The van der Waals surface area contributed by atoms with Gasteiger partial charge in [0.2, 0.25) is 0 Å². The second-order valence-corrected chi connectivity index (χ2v) is 13.9. The lowest BCUT2D eigenvalue weighted by Gasteiger charge is -2.19. The Morgan fingerprint density at radius 1 is 0.302 bits per heavy atom. The summed E-state index contributed by atoms with van der Waals surface area (Å²) in [7, 11) is 0. The molecule has 0 unspecified atom stereocenters. The Kier molecular flexibility index (Phi) is 5.77. The van der Waals surface area contributed by atoms with Gasteiger partial charge in [-0.3, -0.25) is 0 Å². The molecule has 0 amide bonds. The standard InChI is InChI=1S/C50H28O3/c1-2-12-32-31(11-1)30(29-21-22-41-46(27-29)52-45-26-25-40-33-13-8-10-20-44(33)53-50(40)49(41)45)23-24-39(32)47-35-15-3-5-17-37(35)48(38-18-6-4-16-36(38)47)42-28-51-43-19-9-7-14-34(42)43/h1-28H. The summed E-state index contributed by atoms with van der Waals surface area (Å²) in [5, 5.41) is 12.6. The van der Waals surface area contributed by atoms with Crippen molar-refractivity contribution in [2.45, 2.75) is 0 Å². The highest BCUT2D eigenvalue weighted by Gasteiger charge is 2.22. The van der Waals surface area contributed by atoms with E-state index in [2.05, 4.69) is 140 Å². The van der Waals surface area contributed by atoms with Crippen LogP contribution in [0, 0.1) is 0 Å². The van der Waals surface area contributed by atoms with Crippen LogP contribution in [-0.2, 0) is 0 Å². The third kappa shape index (κ3) is 3.99. The summed E-state index contributed by atoms with van der Waals surface area (Å²) in [6.07, 6.45) is 1.92. The number of fused-ring (bicyclic) bond motifs is 11. The molecule has 0 saturated heterocycles. The summed E-state index contributed by atoms with van der Waals surface area (Å²) in [4.78, 5) is 0. The molecule has 3 heteroatoms. The van der Waals surface area contributed by atoms with Gasteiger partial charge in [-0.2, -0.15) is 0 Å². The van der Waals surface area contributed by atoms with Gasteiger partial charge in [0.15, 0.2) is 0 Å². The lowest BCUT2D eigenvalue weighted by molar-refractivity contribution is 0.617. The van der Waals surface area contributed by atoms with Gasteiger partial charge in [0.05, 0.1) is 11.6 Å². The molecule has 0 aliphatic heterocycles. The molecule has 0 fully saturated rings. The van der Waals surface area contributed by atoms with Crippen LogP contribution in [0.1, 0.15) is 0 Å². The summed E-state index contributed by atoms with van der Waals surface area (Å²) >= 11 is 0. The molecule has 0 N–H and O–H groups in total. The van der Waals surface area contributed by atoms with E-state index in [0.29, 0.717) is 0 Å². The highest BCUT2D eigenvalue weighted by atomic mass is 16.3. The third-order valence-corrected chi connectivity index (χ3v) is 11.2. The summed E-state index contributed by atoms with van der Waals surface area (Å²) in [6, 6.07) is 58.2. The maximum Gasteiger partial charge on any atom is 0.147 e. The average Bonchev–Trinajstić information content (AvgIpc) is 3.92. The largest absolute Gasteiger partial charge is 0.464 e. The SMILES string of the molecule is c1ccc2c(-c3c4ccccc4c(-c4ccc(-c5ccc6c(c5)oc5ccc7c8ccccc8oc7c56)c5ccccc45)c4ccccc34)coc2c1. The van der Waals surface area contributed by atoms with Crippen LogP contribution in [0.3, 0.4) is 0 Å². The molecule has 0 atom stereocenters. The van der Waals surface area contributed by atoms with E-state index >= 15 is 0 Å². The Balaban J connectivity index is 1.08. The lowest BCUT2D eigenvalue weighted by atomic mass is 9.83. The fraction of sp³-hybridized carbons (Fsp3) is 0. The zero-order valence-corrected chi connectivity index (χ0v) is 28.4. The van der Waals surface area contributed by atoms with Crippen molar-refractivity contribution < 1.29 is 13.3 Å². The van der Waals surface area contributed by atoms with Crippen molar-refractivity contribution in [3.63, 3.8) is 0 Å². The first-order chi connectivity index (χ1) is 26.3. The van der Waals surface area contributed by atoms with Gasteiger partial charge in [-0.25, -0.2) is 0 Å². The van der Waals surface area contributed by atoms with E-state index in [-0.39, 0.29) is 0 Å². The van der Waals surface area contributed by atoms with Gasteiger partial charge in [0.25, 0.3) is 0 Å². The van der Waals surface area contributed by atoms with Crippen molar-refractivity contribution in [2.75, 3.05) is 0 Å². The van der Waals surface area contributed by atoms with E-state index in [0.717, 1.165) is 71.5 Å². The van der Waals surface area contributed by atoms with E-state index in [1.165, 1.54) is 49.0 Å². The van der Waals surface area contributed by atoms with E-state index in [9.17, 15) is 0 Å². The quantitative estimate of drug-likeness (QED) is 0.175. The first-order valence-corrected chi connectivity index (χ1v) is 18.0. The third-order valence-electron chi connectivity index (χ3n) is 11.2. The minimum atomic E-state index is 0.828. The average molecular weight is 677 g/mol. The van der Waals surface area contributed by atoms with Crippen LogP contribution < -0.4 is 0 Å². The van der Waals surface area contributed by atoms with Gasteiger partial charge < -0.3 is 13.3 Å². The maximum absolute atomic E-state index is 6.52. The Morgan fingerprint density at radius 2 is 0.849 bits per heavy atom. The fourth-order valence-corrected chi connectivity index (χ4v) is 8.86. The molecule has 3 heterocycles. The van der Waals surface area contributed by atoms with Gasteiger partial charge in [-0.05, 0) is 91.0 Å². The van der Waals surface area contributed by atoms with Gasteiger partial charge in [0.1, 0.15) is 27.9 Å². The minimum Gasteiger partial charge on any atom is -0.464 e. The molecule has 0 aliphatic rings. The molecule has 246 valence electrons. The Bertz CT molecular complexity index is 3410. The van der Waals surface area contributed by atoms with Crippen molar-refractivity contribution in [3.8, 4) is 33.4 Å². The van der Waals surface area contributed by atoms with E-state index < -0.39 is 0 Å². The van der Waals surface area contributed by atoms with Crippen LogP contribution in [0.2, 0.25) is 0 Å². The van der Waals surface area contributed by atoms with Crippen LogP contribution in [0.5, 0.6) is 0 Å².